The maximum atomic E-state index is 12.3. The molecule has 0 heterocycles. The predicted octanol–water partition coefficient (Wildman–Crippen LogP) is 11.0. The van der Waals surface area contributed by atoms with Gasteiger partial charge in [0.25, 0.3) is 0 Å². The lowest BCUT2D eigenvalue weighted by Crippen LogP contribution is -2.37. The van der Waals surface area contributed by atoms with Crippen molar-refractivity contribution in [2.24, 2.45) is 0 Å². The molecule has 1 unspecified atom stereocenters. The summed E-state index contributed by atoms with van der Waals surface area (Å²) < 4.78 is 32.5. The molecule has 0 saturated heterocycles. The van der Waals surface area contributed by atoms with Gasteiger partial charge >= 0.3 is 18.2 Å². The summed E-state index contributed by atoms with van der Waals surface area (Å²) >= 11 is 0. The van der Waals surface area contributed by atoms with Gasteiger partial charge in [0.2, 0.25) is 0 Å². The molecule has 0 radical (unpaired) electrons. The smallest absolute Gasteiger partial charge is 0.407 e. The van der Waals surface area contributed by atoms with Gasteiger partial charge in [0.15, 0.2) is 0 Å². The molecule has 11 heteroatoms. The summed E-state index contributed by atoms with van der Waals surface area (Å²) in [4.78, 5) is 35.2. The molecule has 11 nitrogen and oxygen atoms in total. The van der Waals surface area contributed by atoms with E-state index in [9.17, 15) is 14.4 Å². The molecule has 326 valence electrons. The molecular formula is C44H86N2O9. The average molecular weight is 787 g/mol. The Bertz CT molecular complexity index is 833. The van der Waals surface area contributed by atoms with E-state index >= 15 is 0 Å². The van der Waals surface area contributed by atoms with Crippen LogP contribution in [0.25, 0.3) is 0 Å². The molecule has 0 aliphatic carbocycles. The van der Waals surface area contributed by atoms with Crippen LogP contribution in [0, 0.1) is 0 Å². The van der Waals surface area contributed by atoms with Gasteiger partial charge in [-0.2, -0.15) is 0 Å². The lowest BCUT2D eigenvalue weighted by Gasteiger charge is -2.19. The van der Waals surface area contributed by atoms with E-state index in [1.807, 2.05) is 0 Å². The highest BCUT2D eigenvalue weighted by atomic mass is 16.6. The minimum atomic E-state index is -0.522. The largest absolute Gasteiger partial charge is 0.469 e. The summed E-state index contributed by atoms with van der Waals surface area (Å²) in [5.41, 5.74) is 0. The molecule has 0 aromatic rings. The van der Waals surface area contributed by atoms with E-state index in [1.54, 1.807) is 0 Å². The fourth-order valence-electron chi connectivity index (χ4n) is 6.27. The highest BCUT2D eigenvalue weighted by molar-refractivity contribution is 5.69. The zero-order valence-corrected chi connectivity index (χ0v) is 35.9. The molecule has 2 N–H and O–H groups in total. The maximum Gasteiger partial charge on any atom is 0.407 e. The van der Waals surface area contributed by atoms with Crippen LogP contribution in [0.4, 0.5) is 9.59 Å². The van der Waals surface area contributed by atoms with Gasteiger partial charge in [-0.15, -0.1) is 0 Å². The van der Waals surface area contributed by atoms with Crippen molar-refractivity contribution in [2.45, 2.75) is 200 Å². The fourth-order valence-corrected chi connectivity index (χ4v) is 6.27. The summed E-state index contributed by atoms with van der Waals surface area (Å²) in [5, 5.41) is 5.48. The summed E-state index contributed by atoms with van der Waals surface area (Å²) in [7, 11) is 1.37. The van der Waals surface area contributed by atoms with Crippen molar-refractivity contribution in [3.8, 4) is 0 Å². The van der Waals surface area contributed by atoms with Gasteiger partial charge in [0.1, 0.15) is 13.2 Å². The Balaban J connectivity index is 4.12. The van der Waals surface area contributed by atoms with Gasteiger partial charge in [0, 0.05) is 32.7 Å². The van der Waals surface area contributed by atoms with Crippen LogP contribution in [0.1, 0.15) is 194 Å². The van der Waals surface area contributed by atoms with E-state index in [2.05, 4.69) is 29.2 Å². The Kier molecular flexibility index (Phi) is 42.9. The van der Waals surface area contributed by atoms with Gasteiger partial charge in [-0.05, 0) is 25.7 Å². The van der Waals surface area contributed by atoms with E-state index in [0.717, 1.165) is 38.5 Å². The van der Waals surface area contributed by atoms with Gasteiger partial charge < -0.3 is 39.1 Å². The molecule has 0 bridgehead atoms. The third kappa shape index (κ3) is 42.9. The molecule has 0 aromatic heterocycles. The lowest BCUT2D eigenvalue weighted by molar-refractivity contribution is -0.140. The first kappa shape index (κ1) is 52.9. The van der Waals surface area contributed by atoms with Crippen molar-refractivity contribution >= 4 is 18.2 Å². The Morgan fingerprint density at radius 2 is 0.891 bits per heavy atom. The van der Waals surface area contributed by atoms with Crippen molar-refractivity contribution in [1.82, 2.24) is 10.6 Å². The Morgan fingerprint density at radius 1 is 0.455 bits per heavy atom. The summed E-state index contributed by atoms with van der Waals surface area (Å²) in [5.74, 6) is -0.224. The molecule has 0 aromatic carbocycles. The number of nitrogens with one attached hydrogen (secondary N) is 2. The number of amides is 2. The predicted molar refractivity (Wildman–Crippen MR) is 223 cm³/mol. The third-order valence-electron chi connectivity index (χ3n) is 9.75. The van der Waals surface area contributed by atoms with E-state index in [1.165, 1.54) is 142 Å². The normalized spacial score (nSPS) is 11.7. The molecule has 2 amide bonds. The molecule has 0 aliphatic heterocycles. The average Bonchev–Trinajstić information content (AvgIpc) is 3.19. The Hall–Kier alpha value is -2.11. The quantitative estimate of drug-likeness (QED) is 0.0352. The number of carbonyl (C=O) groups excluding carboxylic acids is 3. The minimum absolute atomic E-state index is 0.0867. The van der Waals surface area contributed by atoms with Crippen LogP contribution in [0.5, 0.6) is 0 Å². The standard InChI is InChI=1S/C44H86N2O9/c1-4-6-8-10-12-14-16-18-20-22-24-29-33-52-40-41(53-34-30-25-23-21-19-17-15-13-11-9-7-5-2)39-46-44(49)55-38-36-51-35-37-54-43(48)45-32-28-26-27-31-42(47)50-3/h41H,4-40H2,1-3H3,(H,45,48)(H,46,49). The van der Waals surface area contributed by atoms with Crippen LogP contribution in [-0.4, -0.2) is 90.7 Å². The second kappa shape index (κ2) is 44.6. The van der Waals surface area contributed by atoms with E-state index in [0.29, 0.717) is 39.3 Å². The number of rotatable bonds is 43. The zero-order valence-electron chi connectivity index (χ0n) is 35.9. The molecular weight excluding hydrogens is 700 g/mol. The van der Waals surface area contributed by atoms with Crippen LogP contribution in [0.2, 0.25) is 0 Å². The van der Waals surface area contributed by atoms with Crippen LogP contribution in [0.3, 0.4) is 0 Å². The van der Waals surface area contributed by atoms with Gasteiger partial charge in [0.05, 0.1) is 33.0 Å². The van der Waals surface area contributed by atoms with Crippen molar-refractivity contribution in [3.63, 3.8) is 0 Å². The lowest BCUT2D eigenvalue weighted by atomic mass is 10.1. The van der Waals surface area contributed by atoms with Gasteiger partial charge in [-0.25, -0.2) is 9.59 Å². The number of alkyl carbamates (subject to hydrolysis) is 2. The number of hydrogen-bond donors (Lipinski definition) is 2. The third-order valence-corrected chi connectivity index (χ3v) is 9.75. The topological polar surface area (TPSA) is 131 Å². The molecule has 0 spiro atoms. The Labute approximate surface area is 337 Å². The Morgan fingerprint density at radius 3 is 1.38 bits per heavy atom. The summed E-state index contributed by atoms with van der Waals surface area (Å²) in [6.07, 6.45) is 32.8. The monoisotopic (exact) mass is 787 g/mol. The molecule has 55 heavy (non-hydrogen) atoms. The van der Waals surface area contributed by atoms with E-state index in [-0.39, 0.29) is 38.5 Å². The van der Waals surface area contributed by atoms with E-state index in [4.69, 9.17) is 23.7 Å². The maximum absolute atomic E-state index is 12.3. The van der Waals surface area contributed by atoms with Gasteiger partial charge in [-0.3, -0.25) is 4.79 Å². The van der Waals surface area contributed by atoms with Crippen LogP contribution in [0.15, 0.2) is 0 Å². The number of unbranched alkanes of at least 4 members (excludes halogenated alkanes) is 24. The number of esters is 1. The highest BCUT2D eigenvalue weighted by Crippen LogP contribution is 2.13. The van der Waals surface area contributed by atoms with Crippen molar-refractivity contribution in [2.75, 3.05) is 66.4 Å². The fraction of sp³-hybridized carbons (Fsp3) is 0.932. The van der Waals surface area contributed by atoms with Gasteiger partial charge in [-0.1, -0.05) is 162 Å². The van der Waals surface area contributed by atoms with Crippen LogP contribution in [-0.2, 0) is 33.2 Å². The molecule has 0 saturated carbocycles. The zero-order chi connectivity index (χ0) is 40.1. The second-order valence-corrected chi connectivity index (χ2v) is 14.9. The second-order valence-electron chi connectivity index (χ2n) is 14.9. The van der Waals surface area contributed by atoms with Crippen molar-refractivity contribution in [1.29, 1.82) is 0 Å². The minimum Gasteiger partial charge on any atom is -0.469 e. The summed E-state index contributed by atoms with van der Waals surface area (Å²) in [6, 6.07) is 0. The first-order chi connectivity index (χ1) is 27.0. The number of ether oxygens (including phenoxy) is 6. The first-order valence-corrected chi connectivity index (χ1v) is 22.7. The highest BCUT2D eigenvalue weighted by Gasteiger charge is 2.13. The first-order valence-electron chi connectivity index (χ1n) is 22.7. The SMILES string of the molecule is CCCCCCCCCCCCCCOCC(CNC(=O)OCCOCCOC(=O)NCCCCCC(=O)OC)OCCCCCCCCCCCCCC. The molecule has 1 atom stereocenters. The van der Waals surface area contributed by atoms with Crippen molar-refractivity contribution in [3.05, 3.63) is 0 Å². The number of methoxy groups -OCH3 is 1. The molecule has 0 aliphatic rings. The number of hydrogen-bond acceptors (Lipinski definition) is 9. The molecule has 0 rings (SSSR count). The van der Waals surface area contributed by atoms with Crippen LogP contribution < -0.4 is 10.6 Å². The van der Waals surface area contributed by atoms with E-state index < -0.39 is 12.2 Å². The van der Waals surface area contributed by atoms with Crippen molar-refractivity contribution < 1.29 is 42.8 Å². The van der Waals surface area contributed by atoms with Crippen LogP contribution >= 0.6 is 0 Å². The summed E-state index contributed by atoms with van der Waals surface area (Å²) in [6.45, 7) is 7.72. The number of carbonyl (C=O) groups is 3. The molecule has 0 fully saturated rings.